The molecular weight excluding hydrogens is 354 g/mol. The zero-order valence-corrected chi connectivity index (χ0v) is 15.0. The SMILES string of the molecule is O=C(O)[C@H]1O[C@H]1C(=O)NC(c1ccccc1)(c1ccccc1)c1ccccc1. The van der Waals surface area contributed by atoms with Crippen molar-refractivity contribution in [2.45, 2.75) is 17.7 Å². The fraction of sp³-hybridized carbons (Fsp3) is 0.130. The van der Waals surface area contributed by atoms with Crippen LogP contribution in [-0.4, -0.2) is 29.2 Å². The minimum absolute atomic E-state index is 0.455. The van der Waals surface area contributed by atoms with E-state index in [0.29, 0.717) is 0 Å². The summed E-state index contributed by atoms with van der Waals surface area (Å²) in [6, 6.07) is 28.9. The zero-order chi connectivity index (χ0) is 19.6. The second-order valence-electron chi connectivity index (χ2n) is 6.65. The molecule has 3 aromatic rings. The third kappa shape index (κ3) is 3.17. The number of ether oxygens (including phenoxy) is 1. The number of hydrogen-bond donors (Lipinski definition) is 2. The molecule has 5 heteroatoms. The first-order valence-electron chi connectivity index (χ1n) is 9.00. The van der Waals surface area contributed by atoms with E-state index in [1.54, 1.807) is 0 Å². The van der Waals surface area contributed by atoms with Crippen LogP contribution in [0.5, 0.6) is 0 Å². The Bertz CT molecular complexity index is 877. The van der Waals surface area contributed by atoms with Crippen LogP contribution in [0.4, 0.5) is 0 Å². The smallest absolute Gasteiger partial charge is 0.336 e. The average Bonchev–Trinajstić information content (AvgIpc) is 3.55. The summed E-state index contributed by atoms with van der Waals surface area (Å²) in [4.78, 5) is 24.1. The molecule has 0 aliphatic carbocycles. The molecule has 0 bridgehead atoms. The Labute approximate surface area is 162 Å². The topological polar surface area (TPSA) is 78.9 Å². The van der Waals surface area contributed by atoms with Crippen LogP contribution in [0.15, 0.2) is 91.0 Å². The lowest BCUT2D eigenvalue weighted by Crippen LogP contribution is -2.49. The maximum atomic E-state index is 13.0. The highest BCUT2D eigenvalue weighted by Gasteiger charge is 2.53. The second-order valence-corrected chi connectivity index (χ2v) is 6.65. The van der Waals surface area contributed by atoms with Crippen LogP contribution in [0, 0.1) is 0 Å². The van der Waals surface area contributed by atoms with Gasteiger partial charge in [0, 0.05) is 0 Å². The Balaban J connectivity index is 1.86. The summed E-state index contributed by atoms with van der Waals surface area (Å²) in [6.07, 6.45) is -2.09. The van der Waals surface area contributed by atoms with E-state index in [-0.39, 0.29) is 0 Å². The summed E-state index contributed by atoms with van der Waals surface area (Å²) in [5, 5.41) is 12.2. The quantitative estimate of drug-likeness (QED) is 0.514. The van der Waals surface area contributed by atoms with Crippen LogP contribution in [0.1, 0.15) is 16.7 Å². The van der Waals surface area contributed by atoms with E-state index in [9.17, 15) is 9.59 Å². The Morgan fingerprint density at radius 3 is 1.43 bits per heavy atom. The molecule has 2 N–H and O–H groups in total. The normalized spacial score (nSPS) is 18.3. The number of nitrogens with one attached hydrogen (secondary N) is 1. The van der Waals surface area contributed by atoms with Crippen molar-refractivity contribution in [3.8, 4) is 0 Å². The molecule has 4 rings (SSSR count). The lowest BCUT2D eigenvalue weighted by Gasteiger charge is -2.36. The van der Waals surface area contributed by atoms with E-state index in [1.807, 2.05) is 91.0 Å². The Morgan fingerprint density at radius 1 is 0.714 bits per heavy atom. The van der Waals surface area contributed by atoms with Gasteiger partial charge in [-0.25, -0.2) is 4.79 Å². The summed E-state index contributed by atoms with van der Waals surface area (Å²) in [6.45, 7) is 0. The van der Waals surface area contributed by atoms with Gasteiger partial charge in [-0.05, 0) is 16.7 Å². The van der Waals surface area contributed by atoms with Gasteiger partial charge in [0.25, 0.3) is 5.91 Å². The zero-order valence-electron chi connectivity index (χ0n) is 15.0. The van der Waals surface area contributed by atoms with Crippen LogP contribution >= 0.6 is 0 Å². The molecule has 28 heavy (non-hydrogen) atoms. The van der Waals surface area contributed by atoms with Crippen LogP contribution in [0.2, 0.25) is 0 Å². The minimum Gasteiger partial charge on any atom is -0.479 e. The monoisotopic (exact) mass is 373 g/mol. The van der Waals surface area contributed by atoms with E-state index in [1.165, 1.54) is 0 Å². The standard InChI is InChI=1S/C23H19NO4/c25-21(19-20(28-19)22(26)27)24-23(16-10-4-1-5-11-16,17-12-6-2-7-13-17)18-14-8-3-9-15-18/h1-15,19-20H,(H,24,25)(H,26,27)/t19-,20+/m1/s1. The molecular formula is C23H19NO4. The molecule has 1 amide bonds. The van der Waals surface area contributed by atoms with Gasteiger partial charge < -0.3 is 15.2 Å². The van der Waals surface area contributed by atoms with E-state index in [2.05, 4.69) is 5.32 Å². The first kappa shape index (κ1) is 17.9. The van der Waals surface area contributed by atoms with Crippen LogP contribution in [0.3, 0.4) is 0 Å². The Kier molecular flexibility index (Phi) is 4.67. The number of carbonyl (C=O) groups excluding carboxylic acids is 1. The summed E-state index contributed by atoms with van der Waals surface area (Å²) in [5.41, 5.74) is 1.63. The van der Waals surface area contributed by atoms with Gasteiger partial charge in [-0.15, -0.1) is 0 Å². The molecule has 5 nitrogen and oxygen atoms in total. The summed E-state index contributed by atoms with van der Waals surface area (Å²) in [5.74, 6) is -1.59. The third-order valence-corrected chi connectivity index (χ3v) is 4.92. The lowest BCUT2D eigenvalue weighted by atomic mass is 9.77. The number of carboxylic acids is 1. The summed E-state index contributed by atoms with van der Waals surface area (Å²) >= 11 is 0. The van der Waals surface area contributed by atoms with Crippen molar-refractivity contribution in [1.82, 2.24) is 5.32 Å². The molecule has 0 spiro atoms. The molecule has 1 saturated heterocycles. The van der Waals surface area contributed by atoms with Crippen LogP contribution < -0.4 is 5.32 Å². The fourth-order valence-corrected chi connectivity index (χ4v) is 3.54. The van der Waals surface area contributed by atoms with E-state index in [0.717, 1.165) is 16.7 Å². The molecule has 1 heterocycles. The van der Waals surface area contributed by atoms with Gasteiger partial charge in [0.1, 0.15) is 5.54 Å². The largest absolute Gasteiger partial charge is 0.479 e. The minimum atomic E-state index is -1.13. The van der Waals surface area contributed by atoms with Crippen molar-refractivity contribution in [2.75, 3.05) is 0 Å². The van der Waals surface area contributed by atoms with Crippen LogP contribution in [-0.2, 0) is 19.9 Å². The number of rotatable bonds is 6. The number of carboxylic acid groups (broad SMARTS) is 1. The van der Waals surface area contributed by atoms with Crippen molar-refractivity contribution in [3.63, 3.8) is 0 Å². The molecule has 1 aliphatic rings. The highest BCUT2D eigenvalue weighted by molar-refractivity contribution is 5.93. The number of epoxide rings is 1. The molecule has 0 unspecified atom stereocenters. The predicted molar refractivity (Wildman–Crippen MR) is 104 cm³/mol. The van der Waals surface area contributed by atoms with Gasteiger partial charge >= 0.3 is 5.97 Å². The Morgan fingerprint density at radius 2 is 1.11 bits per heavy atom. The maximum absolute atomic E-state index is 13.0. The summed E-state index contributed by atoms with van der Waals surface area (Å²) in [7, 11) is 0. The molecule has 1 fully saturated rings. The number of aliphatic carboxylic acids is 1. The predicted octanol–water partition coefficient (Wildman–Crippen LogP) is 2.95. The maximum Gasteiger partial charge on any atom is 0.336 e. The summed E-state index contributed by atoms with van der Waals surface area (Å²) < 4.78 is 5.08. The average molecular weight is 373 g/mol. The van der Waals surface area contributed by atoms with Gasteiger partial charge in [0.15, 0.2) is 12.2 Å². The van der Waals surface area contributed by atoms with Gasteiger partial charge in [-0.3, -0.25) is 4.79 Å². The molecule has 140 valence electrons. The number of benzene rings is 3. The Hall–Kier alpha value is -3.44. The third-order valence-electron chi connectivity index (χ3n) is 4.92. The first-order chi connectivity index (χ1) is 13.6. The van der Waals surface area contributed by atoms with Crippen molar-refractivity contribution in [2.24, 2.45) is 0 Å². The first-order valence-corrected chi connectivity index (χ1v) is 9.00. The second kappa shape index (κ2) is 7.29. The van der Waals surface area contributed by atoms with Gasteiger partial charge in [0.05, 0.1) is 0 Å². The molecule has 0 aromatic heterocycles. The van der Waals surface area contributed by atoms with Gasteiger partial charge in [-0.2, -0.15) is 0 Å². The fourth-order valence-electron chi connectivity index (χ4n) is 3.54. The highest BCUT2D eigenvalue weighted by atomic mass is 16.6. The number of carbonyl (C=O) groups is 2. The van der Waals surface area contributed by atoms with E-state index >= 15 is 0 Å². The van der Waals surface area contributed by atoms with Crippen molar-refractivity contribution in [1.29, 1.82) is 0 Å². The molecule has 0 saturated carbocycles. The lowest BCUT2D eigenvalue weighted by molar-refractivity contribution is -0.138. The van der Waals surface area contributed by atoms with Crippen molar-refractivity contribution < 1.29 is 19.4 Å². The molecule has 1 aliphatic heterocycles. The number of hydrogen-bond acceptors (Lipinski definition) is 3. The van der Waals surface area contributed by atoms with Crippen molar-refractivity contribution >= 4 is 11.9 Å². The molecule has 3 aromatic carbocycles. The van der Waals surface area contributed by atoms with Crippen LogP contribution in [0.25, 0.3) is 0 Å². The van der Waals surface area contributed by atoms with Crippen molar-refractivity contribution in [3.05, 3.63) is 108 Å². The number of amides is 1. The van der Waals surface area contributed by atoms with E-state index in [4.69, 9.17) is 9.84 Å². The van der Waals surface area contributed by atoms with Gasteiger partial charge in [-0.1, -0.05) is 91.0 Å². The highest BCUT2D eigenvalue weighted by Crippen LogP contribution is 2.37. The van der Waals surface area contributed by atoms with E-state index < -0.39 is 29.6 Å². The molecule has 2 atom stereocenters. The van der Waals surface area contributed by atoms with Gasteiger partial charge in [0.2, 0.25) is 0 Å². The molecule has 0 radical (unpaired) electrons.